The Morgan fingerprint density at radius 2 is 0.829 bits per heavy atom. The summed E-state index contributed by atoms with van der Waals surface area (Å²) in [5, 5.41) is 8.31. The van der Waals surface area contributed by atoms with Crippen LogP contribution in [0.15, 0.2) is 0 Å². The van der Waals surface area contributed by atoms with Gasteiger partial charge in [-0.2, -0.15) is 26.3 Å². The van der Waals surface area contributed by atoms with Gasteiger partial charge in [0.1, 0.15) is 13.2 Å². The highest BCUT2D eigenvalue weighted by molar-refractivity contribution is 5.76. The van der Waals surface area contributed by atoms with Crippen LogP contribution < -0.4 is 0 Å². The Kier molecular flexibility index (Phi) is 5.01. The van der Waals surface area contributed by atoms with Crippen molar-refractivity contribution in [3.8, 4) is 0 Å². The molecule has 4 fully saturated rings. The molecule has 0 aromatic carbocycles. The van der Waals surface area contributed by atoms with Gasteiger partial charge in [0.25, 0.3) is 0 Å². The fourth-order valence-electron chi connectivity index (χ4n) is 4.65. The zero-order valence-electron chi connectivity index (χ0n) is 15.9. The molecule has 0 heterocycles. The number of aliphatic hydroxyl groups is 1. The molecule has 4 rings (SSSR count). The number of carbonyl (C=O) groups is 2. The average Bonchev–Trinajstić information content (AvgIpc) is 2.71. The Hall–Kier alpha value is -2.15. The molecule has 0 radical (unpaired) electrons. The first-order chi connectivity index (χ1) is 15.3. The van der Waals surface area contributed by atoms with E-state index in [0.717, 1.165) is 0 Å². The molecule has 0 unspecified atom stereocenters. The summed E-state index contributed by atoms with van der Waals surface area (Å²) in [6.45, 7) is -7.16. The number of ether oxygens (including phenoxy) is 2. The third-order valence-corrected chi connectivity index (χ3v) is 6.43. The molecule has 4 saturated carbocycles. The molecule has 0 aromatic heterocycles. The van der Waals surface area contributed by atoms with Gasteiger partial charge in [-0.15, -0.1) is 0 Å². The Morgan fingerprint density at radius 1 is 0.514 bits per heavy atom. The van der Waals surface area contributed by atoms with Crippen LogP contribution in [0.2, 0.25) is 0 Å². The third kappa shape index (κ3) is 2.01. The van der Waals surface area contributed by atoms with Crippen LogP contribution in [0.25, 0.3) is 0 Å². The van der Waals surface area contributed by atoms with Crippen molar-refractivity contribution in [1.82, 2.24) is 0 Å². The Labute approximate surface area is 181 Å². The van der Waals surface area contributed by atoms with Crippen LogP contribution in [0.1, 0.15) is 0 Å². The van der Waals surface area contributed by atoms with Crippen molar-refractivity contribution in [2.75, 3.05) is 19.8 Å². The lowest BCUT2D eigenvalue weighted by molar-refractivity contribution is -0.613. The monoisotopic (exact) mass is 552 g/mol. The minimum absolute atomic E-state index is 1.51. The summed E-state index contributed by atoms with van der Waals surface area (Å²) >= 11 is 0. The number of esters is 2. The van der Waals surface area contributed by atoms with Gasteiger partial charge in [0.2, 0.25) is 5.41 Å². The first kappa shape index (κ1) is 27.4. The van der Waals surface area contributed by atoms with Gasteiger partial charge < -0.3 is 14.6 Å². The van der Waals surface area contributed by atoms with Crippen LogP contribution in [0.3, 0.4) is 0 Å². The van der Waals surface area contributed by atoms with Gasteiger partial charge in [-0.1, -0.05) is 0 Å². The van der Waals surface area contributed by atoms with Crippen LogP contribution in [0, 0.1) is 5.41 Å². The second kappa shape index (κ2) is 6.39. The van der Waals surface area contributed by atoms with Crippen molar-refractivity contribution >= 4 is 11.9 Å². The standard InChI is InChI=1S/C15H7F15O5/c16-7-10(19,20)6(3-35-5(33)2-34-4(32)1-31)11(21,22)8(17,13(7,25)26)15(29,30)9(18,12(6,23)24)14(7,27)28/h31H,1-3H2. The first-order valence-electron chi connectivity index (χ1n) is 8.61. The van der Waals surface area contributed by atoms with Gasteiger partial charge in [-0.25, -0.2) is 49.1 Å². The minimum Gasteiger partial charge on any atom is -0.462 e. The lowest BCUT2D eigenvalue weighted by atomic mass is 9.36. The summed E-state index contributed by atoms with van der Waals surface area (Å²) in [5.41, 5.74) is -30.3. The maximum atomic E-state index is 14.8. The fourth-order valence-corrected chi connectivity index (χ4v) is 4.65. The smallest absolute Gasteiger partial charge is 0.344 e. The molecular formula is C15H7F15O5. The van der Waals surface area contributed by atoms with E-state index in [9.17, 15) is 75.4 Å². The average molecular weight is 552 g/mol. The van der Waals surface area contributed by atoms with Crippen molar-refractivity contribution in [2.24, 2.45) is 5.41 Å². The number of hydrogen-bond acceptors (Lipinski definition) is 5. The molecule has 202 valence electrons. The van der Waals surface area contributed by atoms with E-state index >= 15 is 0 Å². The Balaban J connectivity index is 2.35. The predicted octanol–water partition coefficient (Wildman–Crippen LogP) is 3.03. The lowest BCUT2D eigenvalue weighted by Gasteiger charge is -2.75. The van der Waals surface area contributed by atoms with E-state index in [0.29, 0.717) is 0 Å². The van der Waals surface area contributed by atoms with Crippen LogP contribution in [-0.4, -0.2) is 89.4 Å². The summed E-state index contributed by atoms with van der Waals surface area (Å²) in [7, 11) is 0. The summed E-state index contributed by atoms with van der Waals surface area (Å²) < 4.78 is 226. The zero-order chi connectivity index (χ0) is 27.7. The van der Waals surface area contributed by atoms with Crippen LogP contribution in [0.5, 0.6) is 0 Å². The zero-order valence-corrected chi connectivity index (χ0v) is 15.9. The summed E-state index contributed by atoms with van der Waals surface area (Å²) in [6, 6.07) is 0. The summed E-state index contributed by atoms with van der Waals surface area (Å²) in [5.74, 6) is -51.1. The van der Waals surface area contributed by atoms with Crippen molar-refractivity contribution in [1.29, 1.82) is 0 Å². The van der Waals surface area contributed by atoms with E-state index in [-0.39, 0.29) is 0 Å². The number of hydrogen-bond donors (Lipinski definition) is 1. The van der Waals surface area contributed by atoms with Crippen molar-refractivity contribution in [2.45, 2.75) is 52.5 Å². The molecule has 1 N–H and O–H groups in total. The maximum Gasteiger partial charge on any atom is 0.344 e. The largest absolute Gasteiger partial charge is 0.462 e. The van der Waals surface area contributed by atoms with E-state index in [4.69, 9.17) is 5.11 Å². The molecule has 0 aliphatic heterocycles. The van der Waals surface area contributed by atoms with Gasteiger partial charge in [-0.05, 0) is 0 Å². The maximum absolute atomic E-state index is 14.8. The number of rotatable bonds is 5. The first-order valence-corrected chi connectivity index (χ1v) is 8.61. The number of carbonyl (C=O) groups excluding carboxylic acids is 2. The molecule has 4 bridgehead atoms. The van der Waals surface area contributed by atoms with Crippen LogP contribution >= 0.6 is 0 Å². The minimum atomic E-state index is -7.93. The van der Waals surface area contributed by atoms with Crippen LogP contribution in [0.4, 0.5) is 65.9 Å². The predicted molar refractivity (Wildman–Crippen MR) is 72.6 cm³/mol. The Morgan fingerprint density at radius 3 is 1.11 bits per heavy atom. The second-order valence-electron chi connectivity index (χ2n) is 7.81. The molecule has 5 nitrogen and oxygen atoms in total. The van der Waals surface area contributed by atoms with Gasteiger partial charge in [0.05, 0.1) is 0 Å². The highest BCUT2D eigenvalue weighted by atomic mass is 19.3. The lowest BCUT2D eigenvalue weighted by Crippen LogP contribution is -3.08. The molecule has 0 atom stereocenters. The molecule has 0 amide bonds. The van der Waals surface area contributed by atoms with E-state index < -0.39 is 89.7 Å². The van der Waals surface area contributed by atoms with E-state index in [2.05, 4.69) is 9.47 Å². The summed E-state index contributed by atoms with van der Waals surface area (Å²) in [6.07, 6.45) is 0. The third-order valence-electron chi connectivity index (χ3n) is 6.43. The van der Waals surface area contributed by atoms with Gasteiger partial charge in [0.15, 0.2) is 6.61 Å². The molecule has 0 spiro atoms. The van der Waals surface area contributed by atoms with E-state index in [1.165, 1.54) is 0 Å². The van der Waals surface area contributed by atoms with E-state index in [1.54, 1.807) is 0 Å². The van der Waals surface area contributed by atoms with Crippen molar-refractivity contribution in [3.63, 3.8) is 0 Å². The highest BCUT2D eigenvalue weighted by Crippen LogP contribution is 2.90. The quantitative estimate of drug-likeness (QED) is 0.420. The number of halogens is 15. The molecule has 35 heavy (non-hydrogen) atoms. The molecule has 20 heteroatoms. The Bertz CT molecular complexity index is 865. The molecule has 4 aliphatic carbocycles. The fraction of sp³-hybridized carbons (Fsp3) is 0.867. The molecule has 4 aliphatic rings. The normalized spacial score (nSPS) is 42.4. The van der Waals surface area contributed by atoms with Crippen molar-refractivity contribution in [3.05, 3.63) is 0 Å². The van der Waals surface area contributed by atoms with Crippen molar-refractivity contribution < 1.29 is 90.0 Å². The molecule has 0 saturated heterocycles. The van der Waals surface area contributed by atoms with Gasteiger partial charge in [-0.3, -0.25) is 0 Å². The van der Waals surface area contributed by atoms with Gasteiger partial charge >= 0.3 is 64.5 Å². The molecule has 0 aromatic rings. The highest BCUT2D eigenvalue weighted by Gasteiger charge is 3.22. The second-order valence-corrected chi connectivity index (χ2v) is 7.81. The SMILES string of the molecule is O=C(CO)OCC(=O)OCC12C(F)(F)C3(F)C(F)(F)C(F)(C(F)(F)C(F)(C3(F)F)C1(F)F)C2(F)F. The van der Waals surface area contributed by atoms with Gasteiger partial charge in [0, 0.05) is 0 Å². The topological polar surface area (TPSA) is 72.8 Å². The molecular weight excluding hydrogens is 545 g/mol. The number of alkyl halides is 15. The summed E-state index contributed by atoms with van der Waals surface area (Å²) in [4.78, 5) is 22.0. The van der Waals surface area contributed by atoms with Crippen LogP contribution in [-0.2, 0) is 19.1 Å². The number of aliphatic hydroxyl groups excluding tert-OH is 1. The van der Waals surface area contributed by atoms with E-state index in [1.807, 2.05) is 0 Å².